The number of ketones is 1. The minimum atomic E-state index is -3.09. The highest BCUT2D eigenvalue weighted by atomic mass is 32.2. The van der Waals surface area contributed by atoms with E-state index in [4.69, 9.17) is 5.73 Å². The first-order chi connectivity index (χ1) is 7.85. The van der Waals surface area contributed by atoms with Crippen molar-refractivity contribution in [1.29, 1.82) is 0 Å². The van der Waals surface area contributed by atoms with Gasteiger partial charge in [0.25, 0.3) is 0 Å². The first kappa shape index (κ1) is 13.7. The molecule has 0 atom stereocenters. The summed E-state index contributed by atoms with van der Waals surface area (Å²) >= 11 is 0. The Morgan fingerprint density at radius 3 is 2.53 bits per heavy atom. The summed E-state index contributed by atoms with van der Waals surface area (Å²) in [4.78, 5) is 11.8. The van der Waals surface area contributed by atoms with Gasteiger partial charge in [-0.05, 0) is 18.6 Å². The van der Waals surface area contributed by atoms with Crippen LogP contribution in [0.3, 0.4) is 0 Å². The van der Waals surface area contributed by atoms with Crippen LogP contribution in [0, 0.1) is 6.92 Å². The smallest absolute Gasteiger partial charge is 0.163 e. The van der Waals surface area contributed by atoms with Crippen molar-refractivity contribution in [2.75, 3.05) is 17.2 Å². The van der Waals surface area contributed by atoms with Gasteiger partial charge in [0.1, 0.15) is 9.84 Å². The molecule has 0 heterocycles. The molecule has 0 aromatic heterocycles. The maximum Gasteiger partial charge on any atom is 0.163 e. The van der Waals surface area contributed by atoms with E-state index in [0.717, 1.165) is 5.56 Å². The molecule has 0 radical (unpaired) electrons. The number of carbonyl (C=O) groups is 1. The molecule has 0 aliphatic carbocycles. The van der Waals surface area contributed by atoms with Gasteiger partial charge in [-0.25, -0.2) is 8.42 Å². The van der Waals surface area contributed by atoms with Crippen LogP contribution in [0.5, 0.6) is 0 Å². The number of hydrogen-bond acceptors (Lipinski definition) is 4. The Bertz CT molecular complexity index is 521. The Hall–Kier alpha value is -1.36. The van der Waals surface area contributed by atoms with Crippen molar-refractivity contribution in [3.05, 3.63) is 29.3 Å². The number of Topliss-reactive ketones (excluding diaryl/α,β-unsaturated/α-hetero) is 1. The first-order valence-corrected chi connectivity index (χ1v) is 7.27. The van der Waals surface area contributed by atoms with Crippen molar-refractivity contribution in [3.63, 3.8) is 0 Å². The minimum absolute atomic E-state index is 0.0126. The molecule has 0 aliphatic heterocycles. The second-order valence-electron chi connectivity index (χ2n) is 3.98. The summed E-state index contributed by atoms with van der Waals surface area (Å²) in [5.74, 6) is -0.222. The van der Waals surface area contributed by atoms with E-state index < -0.39 is 9.84 Å². The third-order valence-corrected chi connectivity index (χ3v) is 4.39. The molecule has 0 saturated heterocycles. The molecular weight excluding hydrogens is 238 g/mol. The van der Waals surface area contributed by atoms with E-state index in [1.165, 1.54) is 0 Å². The Labute approximate surface area is 102 Å². The number of rotatable bonds is 5. The zero-order valence-electron chi connectivity index (χ0n) is 10.1. The number of carbonyl (C=O) groups excluding carboxylic acids is 1. The van der Waals surface area contributed by atoms with E-state index in [1.807, 2.05) is 6.92 Å². The van der Waals surface area contributed by atoms with Gasteiger partial charge >= 0.3 is 0 Å². The van der Waals surface area contributed by atoms with Gasteiger partial charge in [0.2, 0.25) is 0 Å². The second-order valence-corrected chi connectivity index (χ2v) is 6.45. The normalized spacial score (nSPS) is 11.4. The van der Waals surface area contributed by atoms with E-state index in [0.29, 0.717) is 11.3 Å². The molecule has 4 nitrogen and oxygen atoms in total. The summed E-state index contributed by atoms with van der Waals surface area (Å²) in [6.45, 7) is 3.43. The summed E-state index contributed by atoms with van der Waals surface area (Å²) in [5.41, 5.74) is 7.62. The van der Waals surface area contributed by atoms with Crippen LogP contribution in [-0.2, 0) is 9.84 Å². The average Bonchev–Trinajstić information content (AvgIpc) is 2.30. The van der Waals surface area contributed by atoms with Crippen LogP contribution in [0.2, 0.25) is 0 Å². The van der Waals surface area contributed by atoms with Crippen LogP contribution in [0.4, 0.5) is 5.69 Å². The molecule has 0 amide bonds. The lowest BCUT2D eigenvalue weighted by molar-refractivity contribution is 0.0989. The van der Waals surface area contributed by atoms with E-state index in [2.05, 4.69) is 0 Å². The Morgan fingerprint density at radius 2 is 2.00 bits per heavy atom. The molecule has 1 aromatic carbocycles. The molecule has 0 bridgehead atoms. The standard InChI is InChI=1S/C12H17NO3S/c1-3-17(15,16)7-6-12(14)10-5-4-9(2)11(13)8-10/h4-5,8H,3,6-7,13H2,1-2H3. The van der Waals surface area contributed by atoms with Gasteiger partial charge in [-0.1, -0.05) is 19.1 Å². The third kappa shape index (κ3) is 3.85. The van der Waals surface area contributed by atoms with E-state index in [-0.39, 0.29) is 23.7 Å². The van der Waals surface area contributed by atoms with Crippen molar-refractivity contribution in [3.8, 4) is 0 Å². The van der Waals surface area contributed by atoms with E-state index in [9.17, 15) is 13.2 Å². The van der Waals surface area contributed by atoms with Crippen molar-refractivity contribution in [1.82, 2.24) is 0 Å². The number of anilines is 1. The van der Waals surface area contributed by atoms with Crippen LogP contribution in [0.1, 0.15) is 29.3 Å². The summed E-state index contributed by atoms with van der Waals surface area (Å²) in [6.07, 6.45) is 0.0126. The lowest BCUT2D eigenvalue weighted by Crippen LogP contribution is -2.13. The van der Waals surface area contributed by atoms with E-state index >= 15 is 0 Å². The third-order valence-electron chi connectivity index (χ3n) is 2.68. The fourth-order valence-electron chi connectivity index (χ4n) is 1.35. The zero-order chi connectivity index (χ0) is 13.1. The molecule has 0 unspecified atom stereocenters. The molecule has 0 fully saturated rings. The summed E-state index contributed by atoms with van der Waals surface area (Å²) in [7, 11) is -3.09. The molecule has 1 aromatic rings. The maximum atomic E-state index is 11.8. The number of benzene rings is 1. The maximum absolute atomic E-state index is 11.8. The van der Waals surface area contributed by atoms with Crippen molar-refractivity contribution in [2.45, 2.75) is 20.3 Å². The van der Waals surface area contributed by atoms with E-state index in [1.54, 1.807) is 25.1 Å². The van der Waals surface area contributed by atoms with Crippen LogP contribution in [0.25, 0.3) is 0 Å². The predicted octanol–water partition coefficient (Wildman–Crippen LogP) is 1.58. The fourth-order valence-corrected chi connectivity index (χ4v) is 2.14. The number of sulfone groups is 1. The molecule has 0 spiro atoms. The summed E-state index contributed by atoms with van der Waals surface area (Å²) in [5, 5.41) is 0. The highest BCUT2D eigenvalue weighted by Crippen LogP contribution is 2.14. The van der Waals surface area contributed by atoms with Crippen LogP contribution in [0.15, 0.2) is 18.2 Å². The van der Waals surface area contributed by atoms with Crippen LogP contribution >= 0.6 is 0 Å². The fraction of sp³-hybridized carbons (Fsp3) is 0.417. The Balaban J connectivity index is 2.74. The molecular formula is C12H17NO3S. The van der Waals surface area contributed by atoms with Gasteiger partial charge in [-0.15, -0.1) is 0 Å². The second kappa shape index (κ2) is 5.31. The van der Waals surface area contributed by atoms with Crippen LogP contribution in [-0.4, -0.2) is 25.7 Å². The average molecular weight is 255 g/mol. The highest BCUT2D eigenvalue weighted by Gasteiger charge is 2.13. The molecule has 0 aliphatic rings. The number of aryl methyl sites for hydroxylation is 1. The van der Waals surface area contributed by atoms with Gasteiger partial charge in [-0.3, -0.25) is 4.79 Å². The summed E-state index contributed by atoms with van der Waals surface area (Å²) < 4.78 is 22.6. The SMILES string of the molecule is CCS(=O)(=O)CCC(=O)c1ccc(C)c(N)c1. The first-order valence-electron chi connectivity index (χ1n) is 5.45. The van der Waals surface area contributed by atoms with Gasteiger partial charge < -0.3 is 5.73 Å². The lowest BCUT2D eigenvalue weighted by atomic mass is 10.1. The molecule has 17 heavy (non-hydrogen) atoms. The zero-order valence-corrected chi connectivity index (χ0v) is 10.9. The van der Waals surface area contributed by atoms with Gasteiger partial charge in [0.05, 0.1) is 5.75 Å². The molecule has 1 rings (SSSR count). The van der Waals surface area contributed by atoms with Crippen molar-refractivity contribution in [2.24, 2.45) is 0 Å². The van der Waals surface area contributed by atoms with Crippen molar-refractivity contribution < 1.29 is 13.2 Å². The predicted molar refractivity (Wildman–Crippen MR) is 68.9 cm³/mol. The summed E-state index contributed by atoms with van der Waals surface area (Å²) in [6, 6.07) is 5.03. The largest absolute Gasteiger partial charge is 0.398 e. The van der Waals surface area contributed by atoms with Crippen molar-refractivity contribution >= 4 is 21.3 Å². The molecule has 0 saturated carbocycles. The topological polar surface area (TPSA) is 77.2 Å². The van der Waals surface area contributed by atoms with Gasteiger partial charge in [0.15, 0.2) is 5.78 Å². The quantitative estimate of drug-likeness (QED) is 0.640. The Morgan fingerprint density at radius 1 is 1.35 bits per heavy atom. The number of hydrogen-bond donors (Lipinski definition) is 1. The molecule has 5 heteroatoms. The highest BCUT2D eigenvalue weighted by molar-refractivity contribution is 7.91. The monoisotopic (exact) mass is 255 g/mol. The minimum Gasteiger partial charge on any atom is -0.398 e. The Kier molecular flexibility index (Phi) is 4.28. The number of nitrogen functional groups attached to an aromatic ring is 1. The molecule has 2 N–H and O–H groups in total. The number of nitrogens with two attached hydrogens (primary N) is 1. The lowest BCUT2D eigenvalue weighted by Gasteiger charge is -2.04. The van der Waals surface area contributed by atoms with Gasteiger partial charge in [-0.2, -0.15) is 0 Å². The molecule has 94 valence electrons. The van der Waals surface area contributed by atoms with Crippen LogP contribution < -0.4 is 5.73 Å². The van der Waals surface area contributed by atoms with Gasteiger partial charge in [0, 0.05) is 23.4 Å².